The van der Waals surface area contributed by atoms with Gasteiger partial charge in [-0.2, -0.15) is 0 Å². The quantitative estimate of drug-likeness (QED) is 0.452. The number of methoxy groups -OCH3 is 1. The summed E-state index contributed by atoms with van der Waals surface area (Å²) in [6.45, 7) is 7.03. The Morgan fingerprint density at radius 3 is 2.33 bits per heavy atom. The number of para-hydroxylation sites is 1. The third-order valence-electron chi connectivity index (χ3n) is 6.18. The van der Waals surface area contributed by atoms with Crippen molar-refractivity contribution < 1.29 is 24.1 Å². The Kier molecular flexibility index (Phi) is 8.30. The standard InChI is InChI=1S/C25H33N3O5/c1-31-21-8-6-20(7-9-21)18-26-10-12-27(13-11-26)19-23(29)22-4-2-3-5-24(22)33-25(30)28-14-16-32-17-15-28/h2-9,25,30H,10-19H2,1H3. The Morgan fingerprint density at radius 2 is 1.64 bits per heavy atom. The lowest BCUT2D eigenvalue weighted by atomic mass is 10.1. The number of morpholine rings is 1. The topological polar surface area (TPSA) is 74.7 Å². The van der Waals surface area contributed by atoms with Crippen LogP contribution >= 0.6 is 0 Å². The van der Waals surface area contributed by atoms with Crippen molar-refractivity contribution in [3.63, 3.8) is 0 Å². The van der Waals surface area contributed by atoms with E-state index in [1.807, 2.05) is 24.3 Å². The SMILES string of the molecule is COc1ccc(CN2CCN(CC(=O)c3ccccc3OC(O)N3CCOCC3)CC2)cc1. The number of aliphatic hydroxyl groups excluding tert-OH is 1. The van der Waals surface area contributed by atoms with Gasteiger partial charge in [0.1, 0.15) is 11.5 Å². The molecular formula is C25H33N3O5. The molecule has 0 saturated carbocycles. The average molecular weight is 456 g/mol. The number of hydrogen-bond donors (Lipinski definition) is 1. The van der Waals surface area contributed by atoms with Gasteiger partial charge < -0.3 is 19.3 Å². The van der Waals surface area contributed by atoms with Crippen molar-refractivity contribution >= 4 is 5.78 Å². The fraction of sp³-hybridized carbons (Fsp3) is 0.480. The largest absolute Gasteiger partial charge is 0.497 e. The van der Waals surface area contributed by atoms with E-state index in [1.54, 1.807) is 24.1 Å². The highest BCUT2D eigenvalue weighted by molar-refractivity contribution is 6.00. The Bertz CT molecular complexity index is 893. The summed E-state index contributed by atoms with van der Waals surface area (Å²) in [4.78, 5) is 19.4. The number of Topliss-reactive ketones (excluding diaryl/α,β-unsaturated/α-hetero) is 1. The van der Waals surface area contributed by atoms with Crippen molar-refractivity contribution in [1.82, 2.24) is 14.7 Å². The molecule has 2 saturated heterocycles. The number of nitrogens with zero attached hydrogens (tertiary/aromatic N) is 3. The van der Waals surface area contributed by atoms with Crippen molar-refractivity contribution in [2.45, 2.75) is 13.0 Å². The van der Waals surface area contributed by atoms with Crippen LogP contribution in [0.4, 0.5) is 0 Å². The summed E-state index contributed by atoms with van der Waals surface area (Å²) in [5.41, 5.74) is 1.76. The van der Waals surface area contributed by atoms with Gasteiger partial charge in [0.05, 0.1) is 32.4 Å². The summed E-state index contributed by atoms with van der Waals surface area (Å²) < 4.78 is 16.3. The molecule has 0 aromatic heterocycles. The van der Waals surface area contributed by atoms with Gasteiger partial charge in [-0.3, -0.25) is 14.6 Å². The fourth-order valence-electron chi connectivity index (χ4n) is 4.17. The van der Waals surface area contributed by atoms with Gasteiger partial charge in [0.15, 0.2) is 5.78 Å². The van der Waals surface area contributed by atoms with E-state index in [1.165, 1.54) is 5.56 Å². The van der Waals surface area contributed by atoms with Crippen LogP contribution in [0.5, 0.6) is 11.5 Å². The molecule has 8 heteroatoms. The summed E-state index contributed by atoms with van der Waals surface area (Å²) in [6, 6.07) is 15.3. The number of piperazine rings is 1. The summed E-state index contributed by atoms with van der Waals surface area (Å²) in [7, 11) is 1.67. The van der Waals surface area contributed by atoms with E-state index in [4.69, 9.17) is 14.2 Å². The molecule has 1 unspecified atom stereocenters. The lowest BCUT2D eigenvalue weighted by molar-refractivity contribution is -0.159. The van der Waals surface area contributed by atoms with Gasteiger partial charge in [0.25, 0.3) is 6.41 Å². The van der Waals surface area contributed by atoms with Crippen molar-refractivity contribution in [2.75, 3.05) is 66.1 Å². The maximum atomic E-state index is 13.1. The zero-order valence-electron chi connectivity index (χ0n) is 19.2. The molecule has 2 aliphatic rings. The van der Waals surface area contributed by atoms with E-state index < -0.39 is 6.41 Å². The number of aliphatic hydroxyl groups is 1. The highest BCUT2D eigenvalue weighted by Gasteiger charge is 2.24. The van der Waals surface area contributed by atoms with E-state index in [-0.39, 0.29) is 5.78 Å². The average Bonchev–Trinajstić information content (AvgIpc) is 2.86. The number of ether oxygens (including phenoxy) is 3. The molecule has 2 aromatic rings. The van der Waals surface area contributed by atoms with Gasteiger partial charge in [0.2, 0.25) is 0 Å². The number of rotatable bonds is 9. The lowest BCUT2D eigenvalue weighted by Gasteiger charge is -2.34. The minimum atomic E-state index is -1.09. The highest BCUT2D eigenvalue weighted by atomic mass is 16.6. The highest BCUT2D eigenvalue weighted by Crippen LogP contribution is 2.22. The Labute approximate surface area is 195 Å². The molecule has 0 spiro atoms. The third kappa shape index (κ3) is 6.52. The van der Waals surface area contributed by atoms with Crippen LogP contribution in [0.1, 0.15) is 15.9 Å². The normalized spacial score (nSPS) is 19.2. The van der Waals surface area contributed by atoms with Crippen LogP contribution < -0.4 is 9.47 Å². The second kappa shape index (κ2) is 11.6. The van der Waals surface area contributed by atoms with Crippen molar-refractivity contribution in [1.29, 1.82) is 0 Å². The van der Waals surface area contributed by atoms with E-state index in [2.05, 4.69) is 21.9 Å². The second-order valence-corrected chi connectivity index (χ2v) is 8.41. The smallest absolute Gasteiger partial charge is 0.259 e. The van der Waals surface area contributed by atoms with Crippen molar-refractivity contribution in [3.8, 4) is 11.5 Å². The van der Waals surface area contributed by atoms with E-state index in [0.717, 1.165) is 38.5 Å². The second-order valence-electron chi connectivity index (χ2n) is 8.41. The third-order valence-corrected chi connectivity index (χ3v) is 6.18. The van der Waals surface area contributed by atoms with Crippen LogP contribution in [0.3, 0.4) is 0 Å². The van der Waals surface area contributed by atoms with Gasteiger partial charge in [-0.15, -0.1) is 0 Å². The van der Waals surface area contributed by atoms with E-state index >= 15 is 0 Å². The van der Waals surface area contributed by atoms with Gasteiger partial charge >= 0.3 is 0 Å². The minimum absolute atomic E-state index is 0.00313. The number of carbonyl (C=O) groups is 1. The summed E-state index contributed by atoms with van der Waals surface area (Å²) in [5, 5.41) is 10.4. The maximum absolute atomic E-state index is 13.1. The summed E-state index contributed by atoms with van der Waals surface area (Å²) in [6.07, 6.45) is -1.09. The van der Waals surface area contributed by atoms with Crippen molar-refractivity contribution in [3.05, 3.63) is 59.7 Å². The zero-order valence-corrected chi connectivity index (χ0v) is 19.2. The molecule has 2 heterocycles. The van der Waals surface area contributed by atoms with Gasteiger partial charge in [0, 0.05) is 45.8 Å². The Balaban J connectivity index is 1.28. The Hall–Kier alpha value is -2.49. The van der Waals surface area contributed by atoms with Crippen LogP contribution in [0, 0.1) is 0 Å². The molecule has 2 aromatic carbocycles. The molecule has 8 nitrogen and oxygen atoms in total. The molecule has 2 fully saturated rings. The first-order valence-corrected chi connectivity index (χ1v) is 11.5. The predicted octanol–water partition coefficient (Wildman–Crippen LogP) is 1.68. The molecule has 0 amide bonds. The fourth-order valence-corrected chi connectivity index (χ4v) is 4.17. The van der Waals surface area contributed by atoms with Crippen molar-refractivity contribution in [2.24, 2.45) is 0 Å². The first-order valence-electron chi connectivity index (χ1n) is 11.5. The molecule has 0 radical (unpaired) electrons. The molecule has 0 aliphatic carbocycles. The summed E-state index contributed by atoms with van der Waals surface area (Å²) >= 11 is 0. The molecular weight excluding hydrogens is 422 g/mol. The molecule has 178 valence electrons. The van der Waals surface area contributed by atoms with E-state index in [9.17, 15) is 9.90 Å². The first kappa shape index (κ1) is 23.7. The number of ketones is 1. The van der Waals surface area contributed by atoms with E-state index in [0.29, 0.717) is 44.2 Å². The van der Waals surface area contributed by atoms with Gasteiger partial charge in [-0.1, -0.05) is 24.3 Å². The number of benzene rings is 2. The van der Waals surface area contributed by atoms with Crippen LogP contribution in [-0.4, -0.2) is 98.1 Å². The monoisotopic (exact) mass is 455 g/mol. The van der Waals surface area contributed by atoms with Gasteiger partial charge in [-0.25, -0.2) is 4.90 Å². The summed E-state index contributed by atoms with van der Waals surface area (Å²) in [5.74, 6) is 1.28. The number of carbonyl (C=O) groups excluding carboxylic acids is 1. The molecule has 4 rings (SSSR count). The lowest BCUT2D eigenvalue weighted by Crippen LogP contribution is -2.47. The predicted molar refractivity (Wildman–Crippen MR) is 125 cm³/mol. The van der Waals surface area contributed by atoms with Crippen LogP contribution in [0.2, 0.25) is 0 Å². The minimum Gasteiger partial charge on any atom is -0.497 e. The molecule has 1 atom stereocenters. The number of hydrogen-bond acceptors (Lipinski definition) is 8. The first-order chi connectivity index (χ1) is 16.1. The van der Waals surface area contributed by atoms with Gasteiger partial charge in [-0.05, 0) is 29.8 Å². The molecule has 33 heavy (non-hydrogen) atoms. The molecule has 0 bridgehead atoms. The van der Waals surface area contributed by atoms with Crippen LogP contribution in [-0.2, 0) is 11.3 Å². The molecule has 1 N–H and O–H groups in total. The molecule has 2 aliphatic heterocycles. The maximum Gasteiger partial charge on any atom is 0.259 e. The Morgan fingerprint density at radius 1 is 0.970 bits per heavy atom. The van der Waals surface area contributed by atoms with Crippen LogP contribution in [0.15, 0.2) is 48.5 Å². The van der Waals surface area contributed by atoms with Crippen LogP contribution in [0.25, 0.3) is 0 Å². The zero-order chi connectivity index (χ0) is 23.0.